The number of amides is 2. The minimum Gasteiger partial charge on any atom is -0.306 e. The van der Waals surface area contributed by atoms with Gasteiger partial charge in [0.15, 0.2) is 11.8 Å². The first-order valence-electron chi connectivity index (χ1n) is 7.90. The minimum absolute atomic E-state index is 0.308. The average molecular weight is 323 g/mol. The van der Waals surface area contributed by atoms with E-state index in [9.17, 15) is 4.79 Å². The fourth-order valence-electron chi connectivity index (χ4n) is 2.39. The van der Waals surface area contributed by atoms with Crippen LogP contribution in [0, 0.1) is 0 Å². The molecular weight excluding hydrogens is 304 g/mol. The highest BCUT2D eigenvalue weighted by Gasteiger charge is 2.23. The van der Waals surface area contributed by atoms with Crippen LogP contribution in [0.2, 0.25) is 0 Å². The van der Waals surface area contributed by atoms with E-state index < -0.39 is 6.03 Å². The zero-order chi connectivity index (χ0) is 16.6. The van der Waals surface area contributed by atoms with Crippen LogP contribution in [0.5, 0.6) is 0 Å². The number of hydrogen-bond acceptors (Lipinski definition) is 3. The SMILES string of the molecule is O=C(/N=C1\C[N+](CCCc2ccccc2)=NO1)Nc1ccccc1. The van der Waals surface area contributed by atoms with Gasteiger partial charge in [-0.3, -0.25) is 4.84 Å². The summed E-state index contributed by atoms with van der Waals surface area (Å²) in [7, 11) is 0. The van der Waals surface area contributed by atoms with Gasteiger partial charge in [0.25, 0.3) is 0 Å². The fraction of sp³-hybridized carbons (Fsp3) is 0.222. The molecule has 2 aromatic rings. The highest BCUT2D eigenvalue weighted by atomic mass is 16.7. The first kappa shape index (κ1) is 15.9. The molecule has 0 aliphatic carbocycles. The predicted molar refractivity (Wildman–Crippen MR) is 91.2 cm³/mol. The maximum Gasteiger partial charge on any atom is 0.348 e. The molecule has 0 radical (unpaired) electrons. The Morgan fingerprint density at radius 2 is 1.83 bits per heavy atom. The van der Waals surface area contributed by atoms with Crippen molar-refractivity contribution in [1.29, 1.82) is 0 Å². The summed E-state index contributed by atoms with van der Waals surface area (Å²) in [6.07, 6.45) is 1.94. The lowest BCUT2D eigenvalue weighted by Crippen LogP contribution is -2.17. The second-order valence-corrected chi connectivity index (χ2v) is 5.45. The van der Waals surface area contributed by atoms with E-state index in [1.807, 2.05) is 36.4 Å². The number of rotatable bonds is 5. The van der Waals surface area contributed by atoms with E-state index in [1.54, 1.807) is 16.8 Å². The molecule has 0 fully saturated rings. The van der Waals surface area contributed by atoms with E-state index in [2.05, 4.69) is 27.7 Å². The first-order chi connectivity index (χ1) is 11.8. The predicted octanol–water partition coefficient (Wildman–Crippen LogP) is 3.66. The molecule has 0 atom stereocenters. The second kappa shape index (κ2) is 8.01. The third-order valence-corrected chi connectivity index (χ3v) is 3.56. The van der Waals surface area contributed by atoms with Crippen LogP contribution >= 0.6 is 0 Å². The van der Waals surface area contributed by atoms with Gasteiger partial charge in [-0.1, -0.05) is 53.2 Å². The van der Waals surface area contributed by atoms with Crippen molar-refractivity contribution in [2.45, 2.75) is 12.8 Å². The molecule has 1 N–H and O–H groups in total. The van der Waals surface area contributed by atoms with Gasteiger partial charge in [-0.05, 0) is 24.1 Å². The van der Waals surface area contributed by atoms with Gasteiger partial charge in [0.2, 0.25) is 6.54 Å². The van der Waals surface area contributed by atoms with Crippen LogP contribution in [-0.2, 0) is 11.3 Å². The lowest BCUT2D eigenvalue weighted by molar-refractivity contribution is -0.585. The maximum atomic E-state index is 11.8. The van der Waals surface area contributed by atoms with E-state index >= 15 is 0 Å². The van der Waals surface area contributed by atoms with E-state index in [4.69, 9.17) is 4.84 Å². The topological polar surface area (TPSA) is 66.1 Å². The molecule has 6 heteroatoms. The van der Waals surface area contributed by atoms with Crippen LogP contribution in [0.3, 0.4) is 0 Å². The van der Waals surface area contributed by atoms with Gasteiger partial charge in [-0.15, -0.1) is 0 Å². The number of aliphatic imine (C=N–C) groups is 1. The lowest BCUT2D eigenvalue weighted by atomic mass is 10.1. The third-order valence-electron chi connectivity index (χ3n) is 3.56. The lowest BCUT2D eigenvalue weighted by Gasteiger charge is -1.99. The van der Waals surface area contributed by atoms with Crippen molar-refractivity contribution in [2.75, 3.05) is 18.4 Å². The van der Waals surface area contributed by atoms with Crippen molar-refractivity contribution < 1.29 is 14.3 Å². The van der Waals surface area contributed by atoms with Crippen molar-refractivity contribution in [1.82, 2.24) is 0 Å². The Bertz CT molecular complexity index is 742. The number of benzene rings is 2. The quantitative estimate of drug-likeness (QED) is 0.853. The molecule has 1 aliphatic rings. The number of anilines is 1. The number of para-hydroxylation sites is 1. The summed E-state index contributed by atoms with van der Waals surface area (Å²) in [4.78, 5) is 20.8. The zero-order valence-corrected chi connectivity index (χ0v) is 13.3. The van der Waals surface area contributed by atoms with Crippen LogP contribution in [0.15, 0.2) is 70.9 Å². The van der Waals surface area contributed by atoms with E-state index in [0.717, 1.165) is 19.4 Å². The Kier molecular flexibility index (Phi) is 5.29. The number of carbonyl (C=O) groups is 1. The molecule has 0 spiro atoms. The van der Waals surface area contributed by atoms with Gasteiger partial charge >= 0.3 is 11.9 Å². The van der Waals surface area contributed by atoms with Crippen LogP contribution in [0.25, 0.3) is 0 Å². The molecule has 122 valence electrons. The number of aryl methyl sites for hydroxylation is 1. The number of hydrogen-bond donors (Lipinski definition) is 1. The van der Waals surface area contributed by atoms with Crippen molar-refractivity contribution in [3.05, 3.63) is 66.2 Å². The van der Waals surface area contributed by atoms with Gasteiger partial charge in [0.1, 0.15) is 0 Å². The van der Waals surface area contributed by atoms with E-state index in [0.29, 0.717) is 18.1 Å². The zero-order valence-electron chi connectivity index (χ0n) is 13.3. The highest BCUT2D eigenvalue weighted by molar-refractivity contribution is 5.98. The molecule has 1 aliphatic heterocycles. The molecule has 2 aromatic carbocycles. The van der Waals surface area contributed by atoms with Gasteiger partial charge < -0.3 is 5.32 Å². The first-order valence-corrected chi connectivity index (χ1v) is 7.90. The van der Waals surface area contributed by atoms with Crippen LogP contribution in [-0.4, -0.2) is 29.7 Å². The number of urea groups is 1. The summed E-state index contributed by atoms with van der Waals surface area (Å²) in [6.45, 7) is 1.17. The van der Waals surface area contributed by atoms with Crippen LogP contribution < -0.4 is 5.32 Å². The van der Waals surface area contributed by atoms with E-state index in [1.165, 1.54) is 5.56 Å². The summed E-state index contributed by atoms with van der Waals surface area (Å²) >= 11 is 0. The average Bonchev–Trinajstić information content (AvgIpc) is 3.04. The van der Waals surface area contributed by atoms with Gasteiger partial charge in [0.05, 0.1) is 0 Å². The van der Waals surface area contributed by atoms with Crippen LogP contribution in [0.1, 0.15) is 12.0 Å². The molecule has 0 unspecified atom stereocenters. The summed E-state index contributed by atoms with van der Waals surface area (Å²) < 4.78 is 1.78. The Labute approximate surface area is 140 Å². The maximum absolute atomic E-state index is 11.8. The molecule has 2 amide bonds. The third kappa shape index (κ3) is 4.74. The summed E-state index contributed by atoms with van der Waals surface area (Å²) in [5.74, 6) is 0.308. The Balaban J connectivity index is 1.43. The highest BCUT2D eigenvalue weighted by Crippen LogP contribution is 2.07. The molecule has 3 rings (SSSR count). The molecular formula is C18H19N4O2+. The van der Waals surface area contributed by atoms with Crippen LogP contribution in [0.4, 0.5) is 10.5 Å². The molecule has 0 bridgehead atoms. The van der Waals surface area contributed by atoms with Gasteiger partial charge in [0, 0.05) is 12.1 Å². The Hall–Kier alpha value is -3.02. The van der Waals surface area contributed by atoms with Gasteiger partial charge in [-0.25, -0.2) is 4.79 Å². The number of nitrogens with zero attached hydrogens (tertiary/aromatic N) is 3. The molecule has 0 aromatic heterocycles. The van der Waals surface area contributed by atoms with Crippen molar-refractivity contribution in [2.24, 2.45) is 10.3 Å². The summed E-state index contributed by atoms with van der Waals surface area (Å²) in [5.41, 5.74) is 2.00. The molecule has 6 nitrogen and oxygen atoms in total. The number of nitrogens with one attached hydrogen (secondary N) is 1. The summed E-state index contributed by atoms with van der Waals surface area (Å²) in [5, 5.41) is 6.61. The van der Waals surface area contributed by atoms with Crippen molar-refractivity contribution in [3.63, 3.8) is 0 Å². The largest absolute Gasteiger partial charge is 0.348 e. The number of carbonyl (C=O) groups excluding carboxylic acids is 1. The Morgan fingerprint density at radius 3 is 2.58 bits per heavy atom. The smallest absolute Gasteiger partial charge is 0.306 e. The normalized spacial score (nSPS) is 15.0. The standard InChI is InChI=1S/C18H18N4O2/c23-18(19-16-11-5-2-6-12-16)20-17-14-22(21-24-17)13-7-10-15-8-3-1-4-9-15/h1-6,8-9,11-12H,7,10,13-14H2/p+1/b20-17+. The molecule has 24 heavy (non-hydrogen) atoms. The van der Waals surface area contributed by atoms with E-state index in [-0.39, 0.29) is 0 Å². The second-order valence-electron chi connectivity index (χ2n) is 5.45. The molecule has 1 heterocycles. The Morgan fingerprint density at radius 1 is 1.12 bits per heavy atom. The summed E-state index contributed by atoms with van der Waals surface area (Å²) in [6, 6.07) is 19.0. The monoisotopic (exact) mass is 323 g/mol. The molecule has 0 saturated heterocycles. The van der Waals surface area contributed by atoms with Crippen molar-refractivity contribution >= 4 is 17.6 Å². The molecule has 0 saturated carbocycles. The fourth-order valence-corrected chi connectivity index (χ4v) is 2.39. The minimum atomic E-state index is -0.461. The van der Waals surface area contributed by atoms with Gasteiger partial charge in [-0.2, -0.15) is 4.99 Å². The van der Waals surface area contributed by atoms with Crippen molar-refractivity contribution in [3.8, 4) is 0 Å².